The van der Waals surface area contributed by atoms with E-state index >= 15 is 0 Å². The fraction of sp³-hybridized carbons (Fsp3) is 0.278. The summed E-state index contributed by atoms with van der Waals surface area (Å²) < 4.78 is 53.0. The maximum atomic E-state index is 12.8. The molecule has 2 heterocycles. The monoisotopic (exact) mass is 429 g/mol. The van der Waals surface area contributed by atoms with Gasteiger partial charge in [-0.05, 0) is 24.3 Å². The molecule has 0 saturated heterocycles. The predicted octanol–water partition coefficient (Wildman–Crippen LogP) is 3.63. The van der Waals surface area contributed by atoms with Crippen molar-refractivity contribution in [1.29, 1.82) is 0 Å². The Morgan fingerprint density at radius 1 is 1.28 bits per heavy atom. The first-order chi connectivity index (χ1) is 13.7. The second kappa shape index (κ2) is 8.19. The summed E-state index contributed by atoms with van der Waals surface area (Å²) in [6.07, 6.45) is -3.59. The minimum Gasteiger partial charge on any atom is -0.463 e. The van der Waals surface area contributed by atoms with Crippen molar-refractivity contribution in [2.24, 2.45) is 0 Å². The normalized spacial score (nSPS) is 16.0. The van der Waals surface area contributed by atoms with Crippen molar-refractivity contribution in [3.05, 3.63) is 47.4 Å². The second-order valence-electron chi connectivity index (χ2n) is 5.94. The number of alkyl halides is 3. The molecule has 29 heavy (non-hydrogen) atoms. The van der Waals surface area contributed by atoms with Crippen molar-refractivity contribution in [1.82, 2.24) is 0 Å². The van der Waals surface area contributed by atoms with Crippen LogP contribution in [0.15, 0.2) is 39.8 Å². The molecular weight excluding hydrogens is 415 g/mol. The number of anilines is 1. The Morgan fingerprint density at radius 3 is 2.72 bits per heavy atom. The molecule has 0 aliphatic carbocycles. The highest BCUT2D eigenvalue weighted by Crippen LogP contribution is 2.40. The number of rotatable bonds is 5. The van der Waals surface area contributed by atoms with E-state index in [1.54, 1.807) is 0 Å². The van der Waals surface area contributed by atoms with Gasteiger partial charge in [-0.2, -0.15) is 13.2 Å². The Balaban J connectivity index is 1.61. The van der Waals surface area contributed by atoms with E-state index in [2.05, 4.69) is 10.1 Å². The highest BCUT2D eigenvalue weighted by Gasteiger charge is 2.34. The Morgan fingerprint density at radius 2 is 2.03 bits per heavy atom. The highest BCUT2D eigenvalue weighted by atomic mass is 32.2. The molecule has 0 bridgehead atoms. The molecule has 1 atom stereocenters. The lowest BCUT2D eigenvalue weighted by Crippen LogP contribution is -2.31. The molecule has 0 unspecified atom stereocenters. The van der Waals surface area contributed by atoms with Crippen LogP contribution in [0.25, 0.3) is 0 Å². The lowest BCUT2D eigenvalue weighted by atomic mass is 10.1. The quantitative estimate of drug-likeness (QED) is 0.726. The van der Waals surface area contributed by atoms with Crippen molar-refractivity contribution in [3.63, 3.8) is 0 Å². The van der Waals surface area contributed by atoms with E-state index in [1.165, 1.54) is 25.5 Å². The van der Waals surface area contributed by atoms with Crippen LogP contribution in [-0.2, 0) is 31.8 Å². The summed E-state index contributed by atoms with van der Waals surface area (Å²) in [7, 11) is 1.18. The van der Waals surface area contributed by atoms with E-state index in [9.17, 15) is 27.6 Å². The van der Waals surface area contributed by atoms with Crippen molar-refractivity contribution in [2.45, 2.75) is 29.3 Å². The van der Waals surface area contributed by atoms with Gasteiger partial charge in [-0.3, -0.25) is 9.59 Å². The molecule has 1 aliphatic rings. The largest absolute Gasteiger partial charge is 0.463 e. The predicted molar refractivity (Wildman–Crippen MR) is 94.2 cm³/mol. The standard InChI is InChI=1S/C18H14F3NO6S/c1-26-17(25)15-9(4-5-27-15)8-28-14(23)7-13-16(24)22-11-6-10(18(19,20)21)2-3-12(11)29-13/h2-6,13H,7-8H2,1H3,(H,22,24)/t13-/m1/s1. The van der Waals surface area contributed by atoms with Gasteiger partial charge in [0, 0.05) is 10.5 Å². The number of hydrogen-bond donors (Lipinski definition) is 1. The third-order valence-corrected chi connectivity index (χ3v) is 5.26. The van der Waals surface area contributed by atoms with Crippen LogP contribution in [0, 0.1) is 0 Å². The number of nitrogens with one attached hydrogen (secondary N) is 1. The zero-order valence-corrected chi connectivity index (χ0v) is 15.7. The molecule has 2 aromatic rings. The van der Waals surface area contributed by atoms with Crippen LogP contribution in [0.3, 0.4) is 0 Å². The van der Waals surface area contributed by atoms with Crippen molar-refractivity contribution in [2.75, 3.05) is 12.4 Å². The second-order valence-corrected chi connectivity index (χ2v) is 7.18. The van der Waals surface area contributed by atoms with Gasteiger partial charge in [-0.15, -0.1) is 11.8 Å². The average Bonchev–Trinajstić information content (AvgIpc) is 3.14. The van der Waals surface area contributed by atoms with Crippen LogP contribution >= 0.6 is 11.8 Å². The lowest BCUT2D eigenvalue weighted by Gasteiger charge is -2.24. The van der Waals surface area contributed by atoms with Gasteiger partial charge in [0.25, 0.3) is 0 Å². The molecule has 1 aliphatic heterocycles. The smallest absolute Gasteiger partial charge is 0.416 e. The van der Waals surface area contributed by atoms with Crippen LogP contribution in [0.4, 0.5) is 18.9 Å². The van der Waals surface area contributed by atoms with E-state index in [-0.39, 0.29) is 24.5 Å². The molecular formula is C18H14F3NO6S. The van der Waals surface area contributed by atoms with Crippen LogP contribution in [0.5, 0.6) is 0 Å². The van der Waals surface area contributed by atoms with E-state index < -0.39 is 34.8 Å². The Hall–Kier alpha value is -2.95. The van der Waals surface area contributed by atoms with Gasteiger partial charge in [0.2, 0.25) is 11.7 Å². The third-order valence-electron chi connectivity index (χ3n) is 3.98. The van der Waals surface area contributed by atoms with Crippen LogP contribution in [-0.4, -0.2) is 30.2 Å². The number of furan rings is 1. The van der Waals surface area contributed by atoms with Crippen LogP contribution in [0.1, 0.15) is 28.1 Å². The zero-order valence-electron chi connectivity index (χ0n) is 14.9. The minimum absolute atomic E-state index is 0.0422. The minimum atomic E-state index is -4.53. The molecule has 0 saturated carbocycles. The Bertz CT molecular complexity index is 955. The third kappa shape index (κ3) is 4.73. The number of thioether (sulfide) groups is 1. The van der Waals surface area contributed by atoms with E-state index in [4.69, 9.17) is 9.15 Å². The summed E-state index contributed by atoms with van der Waals surface area (Å²) in [5, 5.41) is 1.52. The molecule has 3 rings (SSSR count). The molecule has 0 fully saturated rings. The number of esters is 2. The van der Waals surface area contributed by atoms with Crippen molar-refractivity contribution < 1.29 is 41.4 Å². The molecule has 1 amide bonds. The zero-order chi connectivity index (χ0) is 21.2. The number of carbonyl (C=O) groups excluding carboxylic acids is 3. The SMILES string of the molecule is COC(=O)c1occc1COC(=O)C[C@H]1Sc2ccc(C(F)(F)F)cc2NC1=O. The maximum Gasteiger partial charge on any atom is 0.416 e. The Kier molecular flexibility index (Phi) is 5.87. The molecule has 7 nitrogen and oxygen atoms in total. The number of benzene rings is 1. The summed E-state index contributed by atoms with van der Waals surface area (Å²) in [5.41, 5.74) is -0.534. The van der Waals surface area contributed by atoms with Gasteiger partial charge in [-0.25, -0.2) is 4.79 Å². The molecule has 1 N–H and O–H groups in total. The van der Waals surface area contributed by atoms with Gasteiger partial charge < -0.3 is 19.2 Å². The first-order valence-electron chi connectivity index (χ1n) is 8.18. The number of ether oxygens (including phenoxy) is 2. The molecule has 0 spiro atoms. The summed E-state index contributed by atoms with van der Waals surface area (Å²) in [6, 6.07) is 4.44. The molecule has 1 aromatic carbocycles. The van der Waals surface area contributed by atoms with Gasteiger partial charge in [0.15, 0.2) is 0 Å². The van der Waals surface area contributed by atoms with Gasteiger partial charge in [0.1, 0.15) is 6.61 Å². The summed E-state index contributed by atoms with van der Waals surface area (Å²) in [6.45, 7) is -0.260. The van der Waals surface area contributed by atoms with Crippen molar-refractivity contribution >= 4 is 35.3 Å². The number of amides is 1. The first-order valence-corrected chi connectivity index (χ1v) is 9.06. The van der Waals surface area contributed by atoms with Crippen molar-refractivity contribution in [3.8, 4) is 0 Å². The maximum absolute atomic E-state index is 12.8. The number of hydrogen-bond acceptors (Lipinski definition) is 7. The fourth-order valence-electron chi connectivity index (χ4n) is 2.55. The van der Waals surface area contributed by atoms with E-state index in [0.29, 0.717) is 10.5 Å². The number of methoxy groups -OCH3 is 1. The van der Waals surface area contributed by atoms with E-state index in [1.807, 2.05) is 0 Å². The highest BCUT2D eigenvalue weighted by molar-refractivity contribution is 8.01. The van der Waals surface area contributed by atoms with Gasteiger partial charge in [-0.1, -0.05) is 0 Å². The summed E-state index contributed by atoms with van der Waals surface area (Å²) in [5.74, 6) is -2.14. The van der Waals surface area contributed by atoms with Crippen LogP contribution < -0.4 is 5.32 Å². The molecule has 1 aromatic heterocycles. The van der Waals surface area contributed by atoms with Gasteiger partial charge >= 0.3 is 18.1 Å². The number of halogens is 3. The first kappa shape index (κ1) is 20.8. The Labute approximate surface area is 166 Å². The number of fused-ring (bicyclic) bond motifs is 1. The molecule has 11 heteroatoms. The fourth-order valence-corrected chi connectivity index (χ4v) is 3.63. The van der Waals surface area contributed by atoms with Gasteiger partial charge in [0.05, 0.1) is 36.3 Å². The average molecular weight is 429 g/mol. The lowest BCUT2D eigenvalue weighted by molar-refractivity contribution is -0.145. The number of carbonyl (C=O) groups is 3. The van der Waals surface area contributed by atoms with E-state index in [0.717, 1.165) is 23.9 Å². The topological polar surface area (TPSA) is 94.8 Å². The molecule has 0 radical (unpaired) electrons. The molecule has 154 valence electrons. The van der Waals surface area contributed by atoms with Crippen LogP contribution in [0.2, 0.25) is 0 Å². The summed E-state index contributed by atoms with van der Waals surface area (Å²) >= 11 is 0.975. The summed E-state index contributed by atoms with van der Waals surface area (Å²) in [4.78, 5) is 36.2.